The van der Waals surface area contributed by atoms with Crippen LogP contribution in [0.3, 0.4) is 0 Å². The summed E-state index contributed by atoms with van der Waals surface area (Å²) < 4.78 is 71.7. The summed E-state index contributed by atoms with van der Waals surface area (Å²) in [5, 5.41) is 62.5. The van der Waals surface area contributed by atoms with Gasteiger partial charge in [0.1, 0.15) is 68.4 Å². The summed E-state index contributed by atoms with van der Waals surface area (Å²) in [6.07, 6.45) is 16.3. The van der Waals surface area contributed by atoms with E-state index in [9.17, 15) is 13.5 Å². The molecule has 4 fully saturated rings. The number of hydrogen-bond donors (Lipinski definition) is 6. The van der Waals surface area contributed by atoms with Crippen molar-refractivity contribution < 1.29 is 46.7 Å². The number of fused-ring (bicyclic) bond motifs is 4. The number of aryl methyl sites for hydroxylation is 2. The summed E-state index contributed by atoms with van der Waals surface area (Å²) in [5.41, 5.74) is 13.7. The molecular formula is C92H111N17O10S. The Kier molecular flexibility index (Phi) is 27.4. The second-order valence-electron chi connectivity index (χ2n) is 29.9. The first-order valence-electron chi connectivity index (χ1n) is 39.5. The van der Waals surface area contributed by atoms with Gasteiger partial charge in [-0.15, -0.1) is 25.5 Å². The fourth-order valence-corrected chi connectivity index (χ4v) is 18.1. The van der Waals surface area contributed by atoms with Gasteiger partial charge in [-0.25, -0.2) is 13.1 Å². The van der Waals surface area contributed by atoms with E-state index in [1.54, 1.807) is 57.3 Å². The Morgan fingerprint density at radius 3 is 1.10 bits per heavy atom. The molecule has 0 unspecified atom stereocenters. The largest absolute Gasteiger partial charge is 0.507 e. The highest BCUT2D eigenvalue weighted by molar-refractivity contribution is 7.89. The first-order valence-corrected chi connectivity index (χ1v) is 41.0. The summed E-state index contributed by atoms with van der Waals surface area (Å²) in [7, 11) is 5.19. The highest BCUT2D eigenvalue weighted by Gasteiger charge is 2.43. The molecule has 28 heteroatoms. The molecule has 6 N–H and O–H groups in total. The number of methoxy groups -OCH3 is 3. The number of aromatic nitrogens is 12. The number of nitrogens with zero attached hydrogens (tertiary/aromatic N) is 12. The number of nitrogens with one attached hydrogen (secondary N) is 5. The van der Waals surface area contributed by atoms with E-state index in [1.807, 2.05) is 118 Å². The molecule has 8 aliphatic rings. The van der Waals surface area contributed by atoms with Gasteiger partial charge in [-0.3, -0.25) is 0 Å². The van der Waals surface area contributed by atoms with Crippen LogP contribution in [-0.4, -0.2) is 188 Å². The number of benzene rings is 8. The molecule has 11 aromatic rings. The number of aromatic amines is 1. The van der Waals surface area contributed by atoms with Crippen molar-refractivity contribution in [1.29, 1.82) is 0 Å². The van der Waals surface area contributed by atoms with E-state index in [1.165, 1.54) is 9.10 Å². The zero-order valence-electron chi connectivity index (χ0n) is 66.1. The Bertz CT molecular complexity index is 5570. The number of rotatable bonds is 14. The van der Waals surface area contributed by atoms with E-state index in [4.69, 9.17) is 33.2 Å². The van der Waals surface area contributed by atoms with Gasteiger partial charge >= 0.3 is 0 Å². The SMILES string of the molecule is C.C.C.C.CCN(CC)S(=O)(=O)c1ccc(C2=CC3(CCNCC3)Oc3cccc(O)c32)cc1.COc1cccc2c1C(c1ccc(-c3nn[nH]n3)cc1)=CC1(CCNCC1)O2.COc1cccc2c1C(c1ccc(-c3nnn(C)n3)cc1)=CC1(CCNCC1)O2.COc1cccc2c1C(c1ccc(-c3nnnn3C)cc1)=CC1(CCNCC1)O2. The van der Waals surface area contributed by atoms with Gasteiger partial charge < -0.3 is 59.5 Å². The maximum atomic E-state index is 12.8. The van der Waals surface area contributed by atoms with E-state index in [2.05, 4.69) is 146 Å². The normalized spacial score (nSPS) is 17.0. The van der Waals surface area contributed by atoms with E-state index < -0.39 is 15.6 Å². The number of ether oxygens (including phenoxy) is 7. The lowest BCUT2D eigenvalue weighted by Crippen LogP contribution is -2.46. The van der Waals surface area contributed by atoms with Crippen LogP contribution in [-0.2, 0) is 24.1 Å². The van der Waals surface area contributed by atoms with Gasteiger partial charge in [0, 0.05) is 88.2 Å². The molecule has 4 spiro atoms. The topological polar surface area (TPSA) is 312 Å². The third-order valence-corrected chi connectivity index (χ3v) is 24.8. The molecule has 8 aromatic carbocycles. The van der Waals surface area contributed by atoms with Gasteiger partial charge in [0.2, 0.25) is 21.7 Å². The van der Waals surface area contributed by atoms with Crippen LogP contribution in [0.1, 0.15) is 139 Å². The van der Waals surface area contributed by atoms with E-state index >= 15 is 0 Å². The van der Waals surface area contributed by atoms with Crippen molar-refractivity contribution in [2.24, 2.45) is 14.1 Å². The number of hydrogen-bond acceptors (Lipinski definition) is 23. The number of H-pyrrole nitrogens is 1. The predicted molar refractivity (Wildman–Crippen MR) is 469 cm³/mol. The molecule has 19 rings (SSSR count). The van der Waals surface area contributed by atoms with Crippen LogP contribution >= 0.6 is 0 Å². The minimum atomic E-state index is -3.51. The number of tetrazole rings is 3. The molecule has 0 aliphatic carbocycles. The number of phenolic OH excluding ortho intramolecular Hbond substituents is 1. The molecule has 0 atom stereocenters. The van der Waals surface area contributed by atoms with Crippen LogP contribution in [0.2, 0.25) is 0 Å². The van der Waals surface area contributed by atoms with Crippen LogP contribution in [0.4, 0.5) is 0 Å². The van der Waals surface area contributed by atoms with Gasteiger partial charge in [-0.05, 0) is 203 Å². The molecule has 3 aromatic heterocycles. The number of aromatic hydroxyl groups is 1. The standard InChI is InChI=1S/C23H28N2O4S.2C22H23N5O2.C21H21N5O2.4CH4/c1-3-25(4-2)30(27,28)18-10-8-17(9-11-18)19-16-23(12-14-24-15-13-23)29-21-7-5-6-20(26)22(19)21;1-27-21(24-25-26-27)16-8-6-15(7-9-16)17-14-22(10-12-23-13-11-22)29-19-5-3-4-18(28-2)20(17)19;1-27-25-21(24-26-27)16-8-6-15(7-9-16)17-14-22(10-12-23-13-11-22)29-19-5-3-4-18(28-2)20(17)19;1-27-17-3-2-4-18-19(17)16(13-21(28-18)9-11-22-12-10-21)14-5-7-15(8-6-14)20-23-25-26-24-20;;;;/h5-11,16,24,26H,3-4,12-15H2,1-2H3;2*3-9,14,23H,10-13H2,1-2H3;2-8,13,22H,9-12H2,1H3,(H,23,24,25,26);4*1H4. The van der Waals surface area contributed by atoms with Crippen molar-refractivity contribution in [2.75, 3.05) is 86.8 Å². The summed E-state index contributed by atoms with van der Waals surface area (Å²) in [6, 6.07) is 55.1. The highest BCUT2D eigenvalue weighted by Crippen LogP contribution is 2.52. The maximum absolute atomic E-state index is 12.8. The van der Waals surface area contributed by atoms with Crippen molar-refractivity contribution in [3.63, 3.8) is 0 Å². The third kappa shape index (κ3) is 17.9. The molecule has 0 saturated carbocycles. The lowest BCUT2D eigenvalue weighted by Gasteiger charge is -2.40. The molecule has 0 amide bonds. The summed E-state index contributed by atoms with van der Waals surface area (Å²) in [6.45, 7) is 11.9. The molecule has 27 nitrogen and oxygen atoms in total. The molecule has 630 valence electrons. The van der Waals surface area contributed by atoms with Crippen molar-refractivity contribution in [3.05, 3.63) is 239 Å². The summed E-state index contributed by atoms with van der Waals surface area (Å²) >= 11 is 0. The Balaban J connectivity index is 0.000000145. The first kappa shape index (κ1) is 87.4. The lowest BCUT2D eigenvalue weighted by molar-refractivity contribution is 0.0810. The first-order chi connectivity index (χ1) is 56.5. The number of piperidine rings is 4. The van der Waals surface area contributed by atoms with Gasteiger partial charge in [0.25, 0.3) is 0 Å². The van der Waals surface area contributed by atoms with Crippen LogP contribution in [0.5, 0.6) is 46.0 Å². The fourth-order valence-electron chi connectivity index (χ4n) is 16.7. The van der Waals surface area contributed by atoms with E-state index in [-0.39, 0.29) is 57.2 Å². The molecule has 120 heavy (non-hydrogen) atoms. The van der Waals surface area contributed by atoms with Crippen LogP contribution in [0.25, 0.3) is 56.5 Å². The van der Waals surface area contributed by atoms with Crippen molar-refractivity contribution >= 4 is 32.3 Å². The molecular weight excluding hydrogens is 1540 g/mol. The Morgan fingerprint density at radius 2 is 0.767 bits per heavy atom. The van der Waals surface area contributed by atoms with Gasteiger partial charge in [-0.1, -0.05) is 153 Å². The summed E-state index contributed by atoms with van der Waals surface area (Å²) in [4.78, 5) is 1.74. The molecule has 11 heterocycles. The monoisotopic (exact) mass is 1650 g/mol. The third-order valence-electron chi connectivity index (χ3n) is 22.7. The Labute approximate surface area is 703 Å². The quantitative estimate of drug-likeness (QED) is 0.0589. The van der Waals surface area contributed by atoms with Gasteiger partial charge in [-0.2, -0.15) is 14.3 Å². The average molecular weight is 1650 g/mol. The number of phenols is 1. The van der Waals surface area contributed by atoms with E-state index in [0.29, 0.717) is 36.1 Å². The second-order valence-corrected chi connectivity index (χ2v) is 31.8. The van der Waals surface area contributed by atoms with Crippen molar-refractivity contribution in [1.82, 2.24) is 86.6 Å². The zero-order valence-corrected chi connectivity index (χ0v) is 66.9. The average Bonchev–Trinajstić information content (AvgIpc) is 0.855. The summed E-state index contributed by atoms with van der Waals surface area (Å²) in [5.74, 6) is 7.84. The van der Waals surface area contributed by atoms with Gasteiger partial charge in [0.05, 0.1) is 55.5 Å². The Hall–Kier alpha value is -11.9. The fraction of sp³-hybridized carbons (Fsp3) is 0.359. The zero-order chi connectivity index (χ0) is 80.0. The van der Waals surface area contributed by atoms with Crippen LogP contribution < -0.4 is 54.4 Å². The predicted octanol–water partition coefficient (Wildman–Crippen LogP) is 14.4. The van der Waals surface area contributed by atoms with E-state index in [0.717, 1.165) is 222 Å². The molecule has 4 saturated heterocycles. The van der Waals surface area contributed by atoms with Crippen LogP contribution in [0.15, 0.2) is 199 Å². The molecule has 8 aliphatic heterocycles. The van der Waals surface area contributed by atoms with Crippen LogP contribution in [0, 0.1) is 0 Å². The van der Waals surface area contributed by atoms with Crippen molar-refractivity contribution in [3.8, 4) is 80.2 Å². The minimum Gasteiger partial charge on any atom is -0.507 e. The minimum absolute atomic E-state index is 0. The van der Waals surface area contributed by atoms with Crippen molar-refractivity contribution in [2.45, 2.75) is 122 Å². The second kappa shape index (κ2) is 37.6. The maximum Gasteiger partial charge on any atom is 0.243 e. The Morgan fingerprint density at radius 1 is 0.425 bits per heavy atom. The highest BCUT2D eigenvalue weighted by atomic mass is 32.2. The number of sulfonamides is 1. The lowest BCUT2D eigenvalue weighted by atomic mass is 9.83. The smallest absolute Gasteiger partial charge is 0.243 e. The molecule has 0 bridgehead atoms. The van der Waals surface area contributed by atoms with Gasteiger partial charge in [0.15, 0.2) is 5.82 Å². The molecule has 0 radical (unpaired) electrons.